The number of carbonyl (C=O) groups is 3. The molecule has 1 aliphatic rings. The molecule has 4 rings (SSSR count). The molecule has 3 amide bonds. The third-order valence-electron chi connectivity index (χ3n) is 4.74. The van der Waals surface area contributed by atoms with E-state index in [4.69, 9.17) is 4.74 Å². The average Bonchev–Trinajstić information content (AvgIpc) is 3.06. The number of amides is 3. The van der Waals surface area contributed by atoms with Gasteiger partial charge in [-0.1, -0.05) is 36.4 Å². The van der Waals surface area contributed by atoms with Gasteiger partial charge in [-0.15, -0.1) is 0 Å². The van der Waals surface area contributed by atoms with Gasteiger partial charge in [-0.05, 0) is 47.7 Å². The van der Waals surface area contributed by atoms with E-state index >= 15 is 0 Å². The molecule has 0 radical (unpaired) electrons. The van der Waals surface area contributed by atoms with Crippen molar-refractivity contribution in [2.45, 2.75) is 0 Å². The summed E-state index contributed by atoms with van der Waals surface area (Å²) in [5.41, 5.74) is 1.80. The number of imide groups is 1. The van der Waals surface area contributed by atoms with Crippen molar-refractivity contribution in [3.63, 3.8) is 0 Å². The molecule has 31 heavy (non-hydrogen) atoms. The molecule has 0 bridgehead atoms. The van der Waals surface area contributed by atoms with E-state index in [0.717, 1.165) is 33.1 Å². The number of rotatable bonds is 6. The molecule has 0 unspecified atom stereocenters. The second-order valence-electron chi connectivity index (χ2n) is 6.75. The van der Waals surface area contributed by atoms with E-state index < -0.39 is 0 Å². The van der Waals surface area contributed by atoms with Crippen molar-refractivity contribution < 1.29 is 19.1 Å². The van der Waals surface area contributed by atoms with E-state index in [1.165, 1.54) is 0 Å². The number of carbonyl (C=O) groups excluding carboxylic acids is 3. The molecular formula is C23H19N3O4S. The predicted octanol–water partition coefficient (Wildman–Crippen LogP) is 3.71. The lowest BCUT2D eigenvalue weighted by molar-refractivity contribution is -0.122. The van der Waals surface area contributed by atoms with Gasteiger partial charge in [-0.3, -0.25) is 19.3 Å². The van der Waals surface area contributed by atoms with E-state index in [0.29, 0.717) is 10.7 Å². The summed E-state index contributed by atoms with van der Waals surface area (Å²) in [7, 11) is 1.58. The number of methoxy groups -OCH3 is 1. The number of nitrogens with one attached hydrogen (secondary N) is 1. The van der Waals surface area contributed by atoms with E-state index in [-0.39, 0.29) is 35.8 Å². The third kappa shape index (κ3) is 4.59. The first kappa shape index (κ1) is 20.6. The Morgan fingerprint density at radius 3 is 2.65 bits per heavy atom. The van der Waals surface area contributed by atoms with Crippen LogP contribution in [0.15, 0.2) is 65.6 Å². The minimum atomic E-state index is -0.371. The van der Waals surface area contributed by atoms with Crippen molar-refractivity contribution in [1.82, 2.24) is 15.2 Å². The summed E-state index contributed by atoms with van der Waals surface area (Å²) in [5, 5.41) is 3.31. The minimum absolute atomic E-state index is 0.0872. The summed E-state index contributed by atoms with van der Waals surface area (Å²) in [6, 6.07) is 18.2. The van der Waals surface area contributed by atoms with Gasteiger partial charge in [0.05, 0.1) is 17.5 Å². The molecule has 7 nitrogen and oxygen atoms in total. The average molecular weight is 433 g/mol. The summed E-state index contributed by atoms with van der Waals surface area (Å²) in [6.07, 6.45) is 1.67. The van der Waals surface area contributed by atoms with Crippen LogP contribution < -0.4 is 10.1 Å². The number of aromatic nitrogens is 1. The van der Waals surface area contributed by atoms with Gasteiger partial charge in [0.2, 0.25) is 0 Å². The van der Waals surface area contributed by atoms with Gasteiger partial charge in [0, 0.05) is 18.5 Å². The Labute approximate surface area is 183 Å². The molecule has 2 aromatic carbocycles. The number of pyridine rings is 1. The third-order valence-corrected chi connectivity index (χ3v) is 5.65. The zero-order valence-electron chi connectivity index (χ0n) is 16.7. The molecule has 1 aromatic heterocycles. The van der Waals surface area contributed by atoms with E-state index in [9.17, 15) is 14.4 Å². The highest BCUT2D eigenvalue weighted by atomic mass is 32.2. The summed E-state index contributed by atoms with van der Waals surface area (Å²) in [6.45, 7) is 0.227. The maximum atomic E-state index is 12.6. The second kappa shape index (κ2) is 9.01. The fourth-order valence-electron chi connectivity index (χ4n) is 3.11. The Balaban J connectivity index is 1.36. The van der Waals surface area contributed by atoms with E-state index in [1.807, 2.05) is 42.5 Å². The number of fused-ring (bicyclic) bond motifs is 1. The summed E-state index contributed by atoms with van der Waals surface area (Å²) in [5.74, 6) is -0.0164. The van der Waals surface area contributed by atoms with Gasteiger partial charge in [0.25, 0.3) is 17.1 Å². The SMILES string of the molecule is COc1ccc(/C=C2/SC(=O)N(CCNC(=O)c3ccc4ccccc4n3)C2=O)cc1. The van der Waals surface area contributed by atoms with Gasteiger partial charge in [0.1, 0.15) is 11.4 Å². The van der Waals surface area contributed by atoms with Crippen LogP contribution in [0.2, 0.25) is 0 Å². The van der Waals surface area contributed by atoms with Crippen LogP contribution in [0.25, 0.3) is 17.0 Å². The quantitative estimate of drug-likeness (QED) is 0.596. The monoisotopic (exact) mass is 433 g/mol. The number of benzene rings is 2. The van der Waals surface area contributed by atoms with Gasteiger partial charge >= 0.3 is 0 Å². The molecule has 1 aliphatic heterocycles. The zero-order chi connectivity index (χ0) is 21.8. The van der Waals surface area contributed by atoms with E-state index in [2.05, 4.69) is 10.3 Å². The highest BCUT2D eigenvalue weighted by Gasteiger charge is 2.34. The highest BCUT2D eigenvalue weighted by Crippen LogP contribution is 2.32. The number of para-hydroxylation sites is 1. The molecule has 1 saturated heterocycles. The maximum Gasteiger partial charge on any atom is 0.293 e. The Kier molecular flexibility index (Phi) is 5.99. The lowest BCUT2D eigenvalue weighted by Gasteiger charge is -2.13. The van der Waals surface area contributed by atoms with Crippen LogP contribution in [0.1, 0.15) is 16.1 Å². The van der Waals surface area contributed by atoms with Crippen LogP contribution in [0.3, 0.4) is 0 Å². The highest BCUT2D eigenvalue weighted by molar-refractivity contribution is 8.18. The van der Waals surface area contributed by atoms with Gasteiger partial charge in [-0.2, -0.15) is 0 Å². The van der Waals surface area contributed by atoms with Crippen LogP contribution in [0.4, 0.5) is 4.79 Å². The minimum Gasteiger partial charge on any atom is -0.497 e. The van der Waals surface area contributed by atoms with Gasteiger partial charge in [0.15, 0.2) is 0 Å². The molecule has 156 valence electrons. The fourth-order valence-corrected chi connectivity index (χ4v) is 3.97. The molecule has 2 heterocycles. The fraction of sp³-hybridized carbons (Fsp3) is 0.130. The Morgan fingerprint density at radius 2 is 1.87 bits per heavy atom. The molecule has 1 N–H and O–H groups in total. The van der Waals surface area contributed by atoms with Crippen LogP contribution in [-0.2, 0) is 4.79 Å². The van der Waals surface area contributed by atoms with Crippen molar-refractivity contribution >= 4 is 45.8 Å². The van der Waals surface area contributed by atoms with Crippen molar-refractivity contribution in [3.8, 4) is 5.75 Å². The largest absolute Gasteiger partial charge is 0.497 e. The first-order chi connectivity index (χ1) is 15.0. The van der Waals surface area contributed by atoms with Crippen molar-refractivity contribution in [1.29, 1.82) is 0 Å². The number of nitrogens with zero attached hydrogens (tertiary/aromatic N) is 2. The lowest BCUT2D eigenvalue weighted by Crippen LogP contribution is -2.37. The van der Waals surface area contributed by atoms with Crippen molar-refractivity contribution in [2.75, 3.05) is 20.2 Å². The van der Waals surface area contributed by atoms with E-state index in [1.54, 1.807) is 31.4 Å². The Bertz CT molecular complexity index is 1190. The molecule has 0 saturated carbocycles. The topological polar surface area (TPSA) is 88.6 Å². The zero-order valence-corrected chi connectivity index (χ0v) is 17.5. The second-order valence-corrected chi connectivity index (χ2v) is 7.74. The lowest BCUT2D eigenvalue weighted by atomic mass is 10.2. The number of ether oxygens (including phenoxy) is 1. The normalized spacial score (nSPS) is 15.0. The van der Waals surface area contributed by atoms with Crippen LogP contribution in [0.5, 0.6) is 5.75 Å². The van der Waals surface area contributed by atoms with Gasteiger partial charge in [-0.25, -0.2) is 4.98 Å². The van der Waals surface area contributed by atoms with Crippen LogP contribution >= 0.6 is 11.8 Å². The Morgan fingerprint density at radius 1 is 1.10 bits per heavy atom. The number of thioether (sulfide) groups is 1. The molecule has 3 aromatic rings. The number of hydrogen-bond donors (Lipinski definition) is 1. The predicted molar refractivity (Wildman–Crippen MR) is 120 cm³/mol. The molecule has 0 atom stereocenters. The molecule has 8 heteroatoms. The molecular weight excluding hydrogens is 414 g/mol. The number of hydrogen-bond acceptors (Lipinski definition) is 6. The maximum absolute atomic E-state index is 12.6. The first-order valence-electron chi connectivity index (χ1n) is 9.58. The summed E-state index contributed by atoms with van der Waals surface area (Å²) < 4.78 is 5.12. The molecule has 0 spiro atoms. The standard InChI is InChI=1S/C23H19N3O4S/c1-30-17-9-6-15(7-10-17)14-20-22(28)26(23(29)31-20)13-12-24-21(27)19-11-8-16-4-2-3-5-18(16)25-19/h2-11,14H,12-13H2,1H3,(H,24,27)/b20-14+. The Hall–Kier alpha value is -3.65. The summed E-state index contributed by atoms with van der Waals surface area (Å²) in [4.78, 5) is 43.1. The van der Waals surface area contributed by atoms with Crippen molar-refractivity contribution in [3.05, 3.63) is 76.8 Å². The van der Waals surface area contributed by atoms with Crippen LogP contribution in [-0.4, -0.2) is 47.1 Å². The molecule has 0 aliphatic carbocycles. The summed E-state index contributed by atoms with van der Waals surface area (Å²) >= 11 is 0.885. The van der Waals surface area contributed by atoms with Crippen LogP contribution in [0, 0.1) is 0 Å². The first-order valence-corrected chi connectivity index (χ1v) is 10.4. The van der Waals surface area contributed by atoms with Crippen molar-refractivity contribution in [2.24, 2.45) is 0 Å². The smallest absolute Gasteiger partial charge is 0.293 e. The molecule has 1 fully saturated rings. The van der Waals surface area contributed by atoms with Gasteiger partial charge < -0.3 is 10.1 Å².